The number of thioether (sulfide) groups is 1. The maximum Gasteiger partial charge on any atom is 0.234 e. The molecule has 1 N–H and O–H groups in total. The second kappa shape index (κ2) is 9.73. The molecule has 0 bridgehead atoms. The van der Waals surface area contributed by atoms with Crippen molar-refractivity contribution < 1.29 is 13.2 Å². The van der Waals surface area contributed by atoms with Crippen molar-refractivity contribution >= 4 is 33.2 Å². The van der Waals surface area contributed by atoms with Crippen LogP contribution in [0.2, 0.25) is 0 Å². The first kappa shape index (κ1) is 21.8. The summed E-state index contributed by atoms with van der Waals surface area (Å²) in [5, 5.41) is 11.5. The van der Waals surface area contributed by atoms with Crippen LogP contribution in [0.15, 0.2) is 77.3 Å². The van der Waals surface area contributed by atoms with Gasteiger partial charge in [0.25, 0.3) is 0 Å². The summed E-state index contributed by atoms with van der Waals surface area (Å²) in [5.41, 5.74) is 1.73. The Hall–Kier alpha value is -2.91. The number of benzene rings is 2. The number of nitrogens with zero attached hydrogens (tertiary/aromatic N) is 3. The molecule has 2 aromatic carbocycles. The van der Waals surface area contributed by atoms with Gasteiger partial charge in [0.05, 0.1) is 10.6 Å². The highest BCUT2D eigenvalue weighted by Gasteiger charge is 2.21. The van der Waals surface area contributed by atoms with Crippen molar-refractivity contribution in [1.29, 1.82) is 0 Å². The van der Waals surface area contributed by atoms with E-state index >= 15 is 0 Å². The molecule has 3 rings (SSSR count). The lowest BCUT2D eigenvalue weighted by molar-refractivity contribution is -0.113. The Balaban J connectivity index is 1.72. The molecular formula is C21H22N4O3S2. The highest BCUT2D eigenvalue weighted by atomic mass is 32.2. The normalized spacial score (nSPS) is 11.2. The average molecular weight is 443 g/mol. The minimum absolute atomic E-state index is 0.120. The molecule has 156 valence electrons. The third-order valence-electron chi connectivity index (χ3n) is 4.28. The molecule has 0 saturated carbocycles. The number of nitrogens with one attached hydrogen (secondary N) is 1. The minimum Gasteiger partial charge on any atom is -0.325 e. The number of rotatable bonds is 9. The number of anilines is 1. The fourth-order valence-electron chi connectivity index (χ4n) is 2.76. The molecule has 0 fully saturated rings. The van der Waals surface area contributed by atoms with E-state index in [1.165, 1.54) is 11.8 Å². The van der Waals surface area contributed by atoms with Crippen LogP contribution >= 0.6 is 11.8 Å². The topological polar surface area (TPSA) is 93.9 Å². The molecular weight excluding hydrogens is 420 g/mol. The molecule has 30 heavy (non-hydrogen) atoms. The molecule has 7 nitrogen and oxygen atoms in total. The van der Waals surface area contributed by atoms with Gasteiger partial charge < -0.3 is 9.88 Å². The Bertz CT molecular complexity index is 1140. The molecule has 0 spiro atoms. The molecule has 0 atom stereocenters. The predicted molar refractivity (Wildman–Crippen MR) is 118 cm³/mol. The standard InChI is InChI=1S/C21H22N4O3S2/c1-3-13-25-19(15-30(27,28)17-10-5-4-6-11-17)23-24-21(25)29-14-20(26)22-18-12-8-7-9-16(18)2/h3-12H,1,13-15H2,2H3,(H,22,26). The number of allylic oxidation sites excluding steroid dienone is 1. The highest BCUT2D eigenvalue weighted by molar-refractivity contribution is 7.99. The number of aromatic nitrogens is 3. The summed E-state index contributed by atoms with van der Waals surface area (Å²) >= 11 is 1.20. The van der Waals surface area contributed by atoms with Crippen LogP contribution in [0.5, 0.6) is 0 Å². The number of amides is 1. The van der Waals surface area contributed by atoms with Crippen molar-refractivity contribution in [1.82, 2.24) is 14.8 Å². The maximum absolute atomic E-state index is 12.7. The first-order chi connectivity index (χ1) is 14.4. The predicted octanol–water partition coefficient (Wildman–Crippen LogP) is 3.48. The van der Waals surface area contributed by atoms with Gasteiger partial charge in [-0.1, -0.05) is 54.2 Å². The fraction of sp³-hybridized carbons (Fsp3) is 0.190. The Morgan fingerprint density at radius 2 is 1.83 bits per heavy atom. The van der Waals surface area contributed by atoms with Gasteiger partial charge in [0.15, 0.2) is 15.0 Å². The number of hydrogen-bond acceptors (Lipinski definition) is 6. The van der Waals surface area contributed by atoms with Crippen molar-refractivity contribution in [3.8, 4) is 0 Å². The molecule has 0 radical (unpaired) electrons. The molecule has 3 aromatic rings. The van der Waals surface area contributed by atoms with E-state index in [0.29, 0.717) is 17.5 Å². The zero-order valence-electron chi connectivity index (χ0n) is 16.5. The van der Waals surface area contributed by atoms with Crippen molar-refractivity contribution in [3.63, 3.8) is 0 Å². The van der Waals surface area contributed by atoms with E-state index in [4.69, 9.17) is 0 Å². The van der Waals surface area contributed by atoms with E-state index in [-0.39, 0.29) is 22.3 Å². The van der Waals surface area contributed by atoms with Crippen LogP contribution in [-0.4, -0.2) is 34.8 Å². The van der Waals surface area contributed by atoms with Crippen LogP contribution in [0.3, 0.4) is 0 Å². The summed E-state index contributed by atoms with van der Waals surface area (Å²) in [6, 6.07) is 15.7. The summed E-state index contributed by atoms with van der Waals surface area (Å²) in [5.74, 6) is -0.0375. The number of para-hydroxylation sites is 1. The van der Waals surface area contributed by atoms with E-state index in [9.17, 15) is 13.2 Å². The van der Waals surface area contributed by atoms with Gasteiger partial charge in [-0.15, -0.1) is 16.8 Å². The quantitative estimate of drug-likeness (QED) is 0.403. The Morgan fingerprint density at radius 1 is 1.13 bits per heavy atom. The van der Waals surface area contributed by atoms with E-state index in [2.05, 4.69) is 22.1 Å². The molecule has 0 unspecified atom stereocenters. The van der Waals surface area contributed by atoms with E-state index < -0.39 is 9.84 Å². The zero-order chi connectivity index (χ0) is 21.6. The summed E-state index contributed by atoms with van der Waals surface area (Å²) in [6.45, 7) is 5.98. The first-order valence-corrected chi connectivity index (χ1v) is 11.8. The smallest absolute Gasteiger partial charge is 0.234 e. The second-order valence-electron chi connectivity index (χ2n) is 6.52. The van der Waals surface area contributed by atoms with Crippen LogP contribution in [-0.2, 0) is 26.9 Å². The molecule has 0 aliphatic carbocycles. The van der Waals surface area contributed by atoms with Crippen LogP contribution < -0.4 is 5.32 Å². The lowest BCUT2D eigenvalue weighted by atomic mass is 10.2. The van der Waals surface area contributed by atoms with Crippen molar-refractivity contribution in [2.75, 3.05) is 11.1 Å². The third kappa shape index (κ3) is 5.37. The Morgan fingerprint density at radius 3 is 2.53 bits per heavy atom. The van der Waals surface area contributed by atoms with Crippen molar-refractivity contribution in [3.05, 3.63) is 78.6 Å². The van der Waals surface area contributed by atoms with Crippen LogP contribution in [0.25, 0.3) is 0 Å². The Labute approximate surface area is 180 Å². The Kier molecular flexibility index (Phi) is 7.07. The van der Waals surface area contributed by atoms with Crippen LogP contribution in [0.1, 0.15) is 11.4 Å². The SMILES string of the molecule is C=CCn1c(CS(=O)(=O)c2ccccc2)nnc1SCC(=O)Nc1ccccc1C. The van der Waals surface area contributed by atoms with Gasteiger partial charge >= 0.3 is 0 Å². The lowest BCUT2D eigenvalue weighted by Crippen LogP contribution is -2.16. The molecule has 9 heteroatoms. The van der Waals surface area contributed by atoms with Crippen molar-refractivity contribution in [2.45, 2.75) is 29.3 Å². The summed E-state index contributed by atoms with van der Waals surface area (Å²) in [4.78, 5) is 12.5. The molecule has 1 amide bonds. The number of hydrogen-bond donors (Lipinski definition) is 1. The molecule has 0 aliphatic rings. The van der Waals surface area contributed by atoms with Crippen molar-refractivity contribution in [2.24, 2.45) is 0 Å². The molecule has 1 aromatic heterocycles. The number of aryl methyl sites for hydroxylation is 1. The molecule has 1 heterocycles. The van der Waals surface area contributed by atoms with Gasteiger partial charge in [-0.05, 0) is 30.7 Å². The van der Waals surface area contributed by atoms with E-state index in [0.717, 1.165) is 11.3 Å². The maximum atomic E-state index is 12.7. The second-order valence-corrected chi connectivity index (χ2v) is 9.45. The van der Waals surface area contributed by atoms with Gasteiger partial charge in [-0.3, -0.25) is 4.79 Å². The van der Waals surface area contributed by atoms with Crippen LogP contribution in [0.4, 0.5) is 5.69 Å². The molecule has 0 saturated heterocycles. The van der Waals surface area contributed by atoms with E-state index in [1.807, 2.05) is 31.2 Å². The number of carbonyl (C=O) groups excluding carboxylic acids is 1. The summed E-state index contributed by atoms with van der Waals surface area (Å²) in [7, 11) is -3.56. The van der Waals surface area contributed by atoms with Crippen LogP contribution in [0, 0.1) is 6.92 Å². The van der Waals surface area contributed by atoms with Gasteiger partial charge in [0.1, 0.15) is 11.6 Å². The van der Waals surface area contributed by atoms with Gasteiger partial charge in [0.2, 0.25) is 5.91 Å². The summed E-state index contributed by atoms with van der Waals surface area (Å²) in [6.07, 6.45) is 1.64. The van der Waals surface area contributed by atoms with Gasteiger partial charge in [0, 0.05) is 12.2 Å². The molecule has 0 aliphatic heterocycles. The van der Waals surface area contributed by atoms with Gasteiger partial charge in [-0.2, -0.15) is 0 Å². The third-order valence-corrected chi connectivity index (χ3v) is 6.87. The highest BCUT2D eigenvalue weighted by Crippen LogP contribution is 2.22. The average Bonchev–Trinajstić information content (AvgIpc) is 3.10. The first-order valence-electron chi connectivity index (χ1n) is 9.20. The monoisotopic (exact) mass is 442 g/mol. The number of sulfone groups is 1. The fourth-order valence-corrected chi connectivity index (χ4v) is 4.81. The minimum atomic E-state index is -3.56. The summed E-state index contributed by atoms with van der Waals surface area (Å²) < 4.78 is 27.0. The lowest BCUT2D eigenvalue weighted by Gasteiger charge is -2.09. The van der Waals surface area contributed by atoms with E-state index in [1.54, 1.807) is 41.0 Å². The zero-order valence-corrected chi connectivity index (χ0v) is 18.1. The van der Waals surface area contributed by atoms with Gasteiger partial charge in [-0.25, -0.2) is 8.42 Å². The largest absolute Gasteiger partial charge is 0.325 e. The number of carbonyl (C=O) groups is 1.